The van der Waals surface area contributed by atoms with E-state index in [1.54, 1.807) is 32.6 Å². The smallest absolute Gasteiger partial charge is 0.410 e. The molecule has 3 N–H and O–H groups in total. The van der Waals surface area contributed by atoms with Gasteiger partial charge in [-0.1, -0.05) is 0 Å². The first-order chi connectivity index (χ1) is 20.3. The minimum atomic E-state index is -1.05. The van der Waals surface area contributed by atoms with E-state index in [-0.39, 0.29) is 47.7 Å². The standard InChI is InChI=1S/C30H33F3N6O4/c1-5-42-27-19(31)12-16(14-35-27)22-13-18(23(32)24(36-22)21-7-6-20(34)25(33)37-21)26(40)38-30-10-8-17(9-11-30)39(15-30)28(41)43-29(2,3)4/h6-7,12-14,17H,5,8-11,15,34H2,1-4H3,(H,38,40). The van der Waals surface area contributed by atoms with Crippen molar-refractivity contribution in [2.45, 2.75) is 70.6 Å². The number of anilines is 1. The molecule has 13 heteroatoms. The van der Waals surface area contributed by atoms with Gasteiger partial charge in [0.2, 0.25) is 11.8 Å². The minimum absolute atomic E-state index is 0.00438. The molecule has 0 unspecified atom stereocenters. The zero-order valence-electron chi connectivity index (χ0n) is 24.3. The monoisotopic (exact) mass is 598 g/mol. The molecule has 1 aliphatic carbocycles. The molecule has 2 aliphatic heterocycles. The van der Waals surface area contributed by atoms with Crippen LogP contribution in [0.5, 0.6) is 5.88 Å². The number of nitrogens with two attached hydrogens (primary N) is 1. The number of nitrogens with one attached hydrogen (secondary N) is 1. The zero-order valence-corrected chi connectivity index (χ0v) is 24.3. The quantitative estimate of drug-likeness (QED) is 0.367. The number of pyridine rings is 3. The van der Waals surface area contributed by atoms with Crippen molar-refractivity contribution in [2.75, 3.05) is 18.9 Å². The average molecular weight is 599 g/mol. The highest BCUT2D eigenvalue weighted by atomic mass is 19.1. The van der Waals surface area contributed by atoms with Crippen LogP contribution in [0.25, 0.3) is 22.6 Å². The van der Waals surface area contributed by atoms with Gasteiger partial charge in [0.15, 0.2) is 11.6 Å². The third-order valence-electron chi connectivity index (χ3n) is 7.54. The van der Waals surface area contributed by atoms with Gasteiger partial charge in [-0.25, -0.2) is 28.5 Å². The molecule has 1 saturated carbocycles. The van der Waals surface area contributed by atoms with Crippen LogP contribution >= 0.6 is 0 Å². The Hall–Kier alpha value is -4.42. The first kappa shape index (κ1) is 30.1. The highest BCUT2D eigenvalue weighted by Gasteiger charge is 2.48. The van der Waals surface area contributed by atoms with Gasteiger partial charge in [0.1, 0.15) is 11.3 Å². The fourth-order valence-electron chi connectivity index (χ4n) is 5.48. The predicted octanol–water partition coefficient (Wildman–Crippen LogP) is 5.27. The molecule has 228 valence electrons. The molecular formula is C30H33F3N6O4. The van der Waals surface area contributed by atoms with Gasteiger partial charge in [-0.2, -0.15) is 4.39 Å². The van der Waals surface area contributed by atoms with E-state index in [0.717, 1.165) is 6.07 Å². The van der Waals surface area contributed by atoms with E-state index < -0.39 is 52.0 Å². The fourth-order valence-corrected chi connectivity index (χ4v) is 5.48. The van der Waals surface area contributed by atoms with E-state index in [1.165, 1.54) is 24.4 Å². The Morgan fingerprint density at radius 1 is 1.12 bits per heavy atom. The summed E-state index contributed by atoms with van der Waals surface area (Å²) >= 11 is 0. The van der Waals surface area contributed by atoms with Gasteiger partial charge in [-0.05, 0) is 77.6 Å². The second kappa shape index (κ2) is 11.3. The number of halogens is 3. The predicted molar refractivity (Wildman–Crippen MR) is 152 cm³/mol. The zero-order chi connectivity index (χ0) is 31.1. The molecule has 6 rings (SSSR count). The van der Waals surface area contributed by atoms with Crippen LogP contribution in [0.15, 0.2) is 30.5 Å². The maximum Gasteiger partial charge on any atom is 0.410 e. The summed E-state index contributed by atoms with van der Waals surface area (Å²) in [6.45, 7) is 7.40. The van der Waals surface area contributed by atoms with Crippen molar-refractivity contribution < 1.29 is 32.2 Å². The van der Waals surface area contributed by atoms with E-state index >= 15 is 4.39 Å². The molecule has 3 fully saturated rings. The van der Waals surface area contributed by atoms with E-state index in [9.17, 15) is 18.4 Å². The molecule has 3 aromatic rings. The Bertz CT molecular complexity index is 1570. The van der Waals surface area contributed by atoms with E-state index in [2.05, 4.69) is 20.3 Å². The summed E-state index contributed by atoms with van der Waals surface area (Å²) in [5.41, 5.74) is 2.83. The Morgan fingerprint density at radius 2 is 1.84 bits per heavy atom. The summed E-state index contributed by atoms with van der Waals surface area (Å²) in [5.74, 6) is -3.88. The number of ether oxygens (including phenoxy) is 2. The van der Waals surface area contributed by atoms with Crippen LogP contribution in [0, 0.1) is 17.6 Å². The lowest BCUT2D eigenvalue weighted by molar-refractivity contribution is -0.0254. The number of carbonyl (C=O) groups excluding carboxylic acids is 2. The molecule has 43 heavy (non-hydrogen) atoms. The number of fused-ring (bicyclic) bond motifs is 3. The highest BCUT2D eigenvalue weighted by Crippen LogP contribution is 2.39. The van der Waals surface area contributed by atoms with Crippen LogP contribution in [0.3, 0.4) is 0 Å². The molecule has 0 aromatic carbocycles. The van der Waals surface area contributed by atoms with Crippen molar-refractivity contribution >= 4 is 17.7 Å². The molecule has 0 atom stereocenters. The first-order valence-electron chi connectivity index (χ1n) is 14.0. The Labute approximate surface area is 246 Å². The molecule has 0 radical (unpaired) electrons. The van der Waals surface area contributed by atoms with Crippen LogP contribution in [0.1, 0.15) is 63.7 Å². The number of nitrogens with zero attached hydrogens (tertiary/aromatic N) is 4. The van der Waals surface area contributed by atoms with Gasteiger partial charge in [0, 0.05) is 24.3 Å². The number of rotatable bonds is 6. The fraction of sp³-hybridized carbons (Fsp3) is 0.433. The number of nitrogen functional groups attached to an aromatic ring is 1. The largest absolute Gasteiger partial charge is 0.476 e. The third-order valence-corrected chi connectivity index (χ3v) is 7.54. The molecule has 2 bridgehead atoms. The summed E-state index contributed by atoms with van der Waals surface area (Å²) in [6.07, 6.45) is 3.23. The second-order valence-corrected chi connectivity index (χ2v) is 11.8. The molecule has 3 aromatic heterocycles. The summed E-state index contributed by atoms with van der Waals surface area (Å²) in [6, 6.07) is 4.73. The number of hydrogen-bond donors (Lipinski definition) is 2. The maximum atomic E-state index is 16.1. The van der Waals surface area contributed by atoms with Gasteiger partial charge >= 0.3 is 6.09 Å². The number of hydrogen-bond acceptors (Lipinski definition) is 8. The van der Waals surface area contributed by atoms with Crippen molar-refractivity contribution in [3.63, 3.8) is 0 Å². The Morgan fingerprint density at radius 3 is 2.47 bits per heavy atom. The lowest BCUT2D eigenvalue weighted by atomic mass is 9.73. The van der Waals surface area contributed by atoms with Crippen LogP contribution in [0.4, 0.5) is 23.7 Å². The topological polar surface area (TPSA) is 133 Å². The molecule has 3 aliphatic rings. The second-order valence-electron chi connectivity index (χ2n) is 11.8. The molecule has 0 spiro atoms. The number of piperidine rings is 2. The lowest BCUT2D eigenvalue weighted by Crippen LogP contribution is -2.66. The summed E-state index contributed by atoms with van der Waals surface area (Å²) in [7, 11) is 0. The molecule has 2 saturated heterocycles. The SMILES string of the molecule is CCOc1ncc(-c2cc(C(=O)NC34CCC(CC3)N(C(=O)OC(C)(C)C)C4)c(F)c(-c3ccc(N)c(F)n3)n2)cc1F. The van der Waals surface area contributed by atoms with E-state index in [1.807, 2.05) is 0 Å². The Kier molecular flexibility index (Phi) is 7.93. The molecular weight excluding hydrogens is 565 g/mol. The first-order valence-corrected chi connectivity index (χ1v) is 14.0. The lowest BCUT2D eigenvalue weighted by Gasteiger charge is -2.52. The van der Waals surface area contributed by atoms with E-state index in [0.29, 0.717) is 25.7 Å². The van der Waals surface area contributed by atoms with E-state index in [4.69, 9.17) is 15.2 Å². The molecule has 2 amide bonds. The minimum Gasteiger partial charge on any atom is -0.476 e. The van der Waals surface area contributed by atoms with Gasteiger partial charge in [0.05, 0.1) is 34.8 Å². The summed E-state index contributed by atoms with van der Waals surface area (Å²) in [4.78, 5) is 40.3. The van der Waals surface area contributed by atoms with Gasteiger partial charge in [-0.15, -0.1) is 0 Å². The molecule has 5 heterocycles. The third kappa shape index (κ3) is 6.20. The average Bonchev–Trinajstić information content (AvgIpc) is 2.95. The maximum absolute atomic E-state index is 16.1. The van der Waals surface area contributed by atoms with Gasteiger partial charge in [-0.3, -0.25) is 4.79 Å². The van der Waals surface area contributed by atoms with Gasteiger partial charge < -0.3 is 25.4 Å². The van der Waals surface area contributed by atoms with Crippen molar-refractivity contribution in [1.29, 1.82) is 0 Å². The number of aromatic nitrogens is 3. The van der Waals surface area contributed by atoms with Crippen LogP contribution in [-0.4, -0.2) is 62.2 Å². The van der Waals surface area contributed by atoms with Crippen molar-refractivity contribution in [3.8, 4) is 28.5 Å². The van der Waals surface area contributed by atoms with Crippen molar-refractivity contribution in [1.82, 2.24) is 25.2 Å². The van der Waals surface area contributed by atoms with Crippen LogP contribution in [0.2, 0.25) is 0 Å². The number of amides is 2. The highest BCUT2D eigenvalue weighted by molar-refractivity contribution is 5.97. The Balaban J connectivity index is 1.53. The van der Waals surface area contributed by atoms with Crippen molar-refractivity contribution in [2.24, 2.45) is 0 Å². The van der Waals surface area contributed by atoms with Crippen LogP contribution in [-0.2, 0) is 4.74 Å². The summed E-state index contributed by atoms with van der Waals surface area (Å²) in [5, 5.41) is 2.96. The van der Waals surface area contributed by atoms with Crippen molar-refractivity contribution in [3.05, 3.63) is 53.6 Å². The normalized spacial score (nSPS) is 19.7. The van der Waals surface area contributed by atoms with Gasteiger partial charge in [0.25, 0.3) is 5.91 Å². The number of carbonyl (C=O) groups is 2. The summed E-state index contributed by atoms with van der Waals surface area (Å²) < 4.78 is 55.8. The molecule has 10 nitrogen and oxygen atoms in total. The van der Waals surface area contributed by atoms with Crippen LogP contribution < -0.4 is 15.8 Å².